The van der Waals surface area contributed by atoms with E-state index < -0.39 is 91.5 Å². The molecule has 0 spiro atoms. The number of carbonyl (C=O) groups is 5. The van der Waals surface area contributed by atoms with Gasteiger partial charge in [0, 0.05) is 24.3 Å². The van der Waals surface area contributed by atoms with E-state index in [1.54, 1.807) is 0 Å². The lowest BCUT2D eigenvalue weighted by Crippen LogP contribution is -2.64. The predicted octanol–water partition coefficient (Wildman–Crippen LogP) is -3.45. The fraction of sp³-hybridized carbons (Fsp3) is 0.400. The summed E-state index contributed by atoms with van der Waals surface area (Å²) < 4.78 is 5.24. The van der Waals surface area contributed by atoms with E-state index in [4.69, 9.17) is 50.7 Å². The number of hydrogen-bond acceptors (Lipinski definition) is 13. The molecule has 18 heteroatoms. The van der Waals surface area contributed by atoms with E-state index in [0.29, 0.717) is 60.9 Å². The molecule has 0 amide bonds. The molecule has 12 N–H and O–H groups in total. The standard InChI is InChI=1S/C20H22O14.C5H12O4/c21-11-18(12-22,19(33,6-1-13(23)24)7-2-14(25)26)20(8-3-15(27)28,9-4-16(29)30)34-10-5-17(31)32;6-1-5(2-7,3-8)4-9/h1-10,21-22,33H,11-12H2,(H,23,24)(H,25,26)(H,27,28)(H,29,30)(H,31,32);6-9H,1-4H2. The highest BCUT2D eigenvalue weighted by Gasteiger charge is 2.61. The van der Waals surface area contributed by atoms with Crippen molar-refractivity contribution in [2.45, 2.75) is 11.2 Å². The zero-order valence-corrected chi connectivity index (χ0v) is 22.3. The third-order valence-corrected chi connectivity index (χ3v) is 5.78. The zero-order valence-electron chi connectivity index (χ0n) is 22.3. The Morgan fingerprint density at radius 1 is 0.488 bits per heavy atom. The first kappa shape index (κ1) is 40.7. The van der Waals surface area contributed by atoms with E-state index in [2.05, 4.69) is 0 Å². The van der Waals surface area contributed by atoms with Crippen LogP contribution in [0.15, 0.2) is 60.9 Å². The summed E-state index contributed by atoms with van der Waals surface area (Å²) in [5.74, 6) is -8.29. The summed E-state index contributed by atoms with van der Waals surface area (Å²) in [6.45, 7) is -4.48. The van der Waals surface area contributed by atoms with Crippen molar-refractivity contribution in [3.8, 4) is 0 Å². The zero-order chi connectivity index (χ0) is 33.9. The molecule has 0 unspecified atom stereocenters. The van der Waals surface area contributed by atoms with E-state index >= 15 is 0 Å². The molecular weight excluding hydrogens is 588 g/mol. The van der Waals surface area contributed by atoms with Gasteiger partial charge >= 0.3 is 29.8 Å². The van der Waals surface area contributed by atoms with Crippen molar-refractivity contribution in [3.63, 3.8) is 0 Å². The summed E-state index contributed by atoms with van der Waals surface area (Å²) in [7, 11) is 0. The number of ether oxygens (including phenoxy) is 1. The van der Waals surface area contributed by atoms with Crippen LogP contribution in [0.5, 0.6) is 0 Å². The van der Waals surface area contributed by atoms with Crippen molar-refractivity contribution in [3.05, 3.63) is 60.9 Å². The van der Waals surface area contributed by atoms with Crippen LogP contribution < -0.4 is 0 Å². The Morgan fingerprint density at radius 3 is 1.02 bits per heavy atom. The Labute approximate surface area is 243 Å². The largest absolute Gasteiger partial charge is 0.485 e. The Hall–Kier alpha value is -4.43. The van der Waals surface area contributed by atoms with E-state index in [-0.39, 0.29) is 0 Å². The van der Waals surface area contributed by atoms with E-state index in [1.807, 2.05) is 0 Å². The second-order valence-corrected chi connectivity index (χ2v) is 8.59. The number of aliphatic hydroxyl groups excluding tert-OH is 6. The molecular formula is C25H34O18. The normalized spacial score (nSPS) is 15.3. The van der Waals surface area contributed by atoms with Crippen molar-refractivity contribution in [2.24, 2.45) is 10.8 Å². The summed E-state index contributed by atoms with van der Waals surface area (Å²) >= 11 is 0. The second-order valence-electron chi connectivity index (χ2n) is 8.59. The maximum Gasteiger partial charge on any atom is 0.331 e. The van der Waals surface area contributed by atoms with Gasteiger partial charge < -0.3 is 66.0 Å². The summed E-state index contributed by atoms with van der Waals surface area (Å²) in [5, 5.41) is 111. The molecule has 0 aromatic carbocycles. The van der Waals surface area contributed by atoms with Gasteiger partial charge in [-0.15, -0.1) is 0 Å². The quantitative estimate of drug-likeness (QED) is 0.0492. The molecule has 43 heavy (non-hydrogen) atoms. The molecule has 0 atom stereocenters. The van der Waals surface area contributed by atoms with Crippen molar-refractivity contribution >= 4 is 29.8 Å². The van der Waals surface area contributed by atoms with E-state index in [1.165, 1.54) is 0 Å². The summed E-state index contributed by atoms with van der Waals surface area (Å²) in [4.78, 5) is 55.4. The second kappa shape index (κ2) is 18.9. The Balaban J connectivity index is 0. The highest BCUT2D eigenvalue weighted by atomic mass is 16.5. The monoisotopic (exact) mass is 622 g/mol. The molecule has 0 saturated carbocycles. The third-order valence-electron chi connectivity index (χ3n) is 5.78. The van der Waals surface area contributed by atoms with Gasteiger partial charge in [0.05, 0.1) is 62.8 Å². The smallest absolute Gasteiger partial charge is 0.331 e. The number of carboxylic acids is 5. The van der Waals surface area contributed by atoms with Gasteiger partial charge in [-0.05, 0) is 24.3 Å². The fourth-order valence-electron chi connectivity index (χ4n) is 3.10. The third kappa shape index (κ3) is 12.1. The molecule has 0 aliphatic carbocycles. The lowest BCUT2D eigenvalue weighted by atomic mass is 9.60. The first-order valence-corrected chi connectivity index (χ1v) is 11.6. The molecule has 242 valence electrons. The number of hydrogen-bond donors (Lipinski definition) is 12. The van der Waals surface area contributed by atoms with E-state index in [0.717, 1.165) is 0 Å². The van der Waals surface area contributed by atoms with Crippen LogP contribution in [0.2, 0.25) is 0 Å². The molecule has 0 heterocycles. The molecule has 0 aliphatic rings. The van der Waals surface area contributed by atoms with Crippen LogP contribution in [0.3, 0.4) is 0 Å². The van der Waals surface area contributed by atoms with Gasteiger partial charge in [-0.3, -0.25) is 0 Å². The number of aliphatic hydroxyl groups is 7. The predicted molar refractivity (Wildman–Crippen MR) is 140 cm³/mol. The summed E-state index contributed by atoms with van der Waals surface area (Å²) in [6, 6.07) is 0. The first-order chi connectivity index (χ1) is 19.9. The van der Waals surface area contributed by atoms with Gasteiger partial charge in [-0.25, -0.2) is 24.0 Å². The minimum atomic E-state index is -2.99. The fourth-order valence-corrected chi connectivity index (χ4v) is 3.10. The van der Waals surface area contributed by atoms with Crippen molar-refractivity contribution < 1.29 is 90.0 Å². The van der Waals surface area contributed by atoms with Crippen LogP contribution in [0.25, 0.3) is 0 Å². The Kier molecular flexibility index (Phi) is 17.9. The number of aliphatic carboxylic acids is 5. The number of rotatable bonds is 19. The summed E-state index contributed by atoms with van der Waals surface area (Å²) in [5.41, 5.74) is -9.60. The van der Waals surface area contributed by atoms with Crippen molar-refractivity contribution in [2.75, 3.05) is 39.6 Å². The lowest BCUT2D eigenvalue weighted by molar-refractivity contribution is -0.162. The molecule has 0 aromatic heterocycles. The van der Waals surface area contributed by atoms with Crippen LogP contribution >= 0.6 is 0 Å². The summed E-state index contributed by atoms with van der Waals surface area (Å²) in [6.07, 6.45) is 3.93. The maximum atomic E-state index is 11.3. The lowest BCUT2D eigenvalue weighted by Gasteiger charge is -2.51. The Morgan fingerprint density at radius 2 is 0.791 bits per heavy atom. The van der Waals surface area contributed by atoms with Crippen LogP contribution in [0, 0.1) is 10.8 Å². The van der Waals surface area contributed by atoms with Gasteiger partial charge in [0.15, 0.2) is 5.60 Å². The molecule has 0 bridgehead atoms. The number of carboxylic acid groups (broad SMARTS) is 5. The average Bonchev–Trinajstić information content (AvgIpc) is 2.95. The molecule has 0 aliphatic heterocycles. The van der Waals surface area contributed by atoms with Gasteiger partial charge in [0.25, 0.3) is 0 Å². The molecule has 0 rings (SSSR count). The first-order valence-electron chi connectivity index (χ1n) is 11.6. The maximum absolute atomic E-state index is 11.3. The molecule has 18 nitrogen and oxygen atoms in total. The minimum Gasteiger partial charge on any atom is -0.485 e. The molecule has 0 radical (unpaired) electrons. The van der Waals surface area contributed by atoms with Crippen molar-refractivity contribution in [1.29, 1.82) is 0 Å². The highest BCUT2D eigenvalue weighted by molar-refractivity contribution is 5.83. The van der Waals surface area contributed by atoms with Crippen LogP contribution in [0.4, 0.5) is 0 Å². The SMILES string of the molecule is O=C(O)C=COC(C=CC(=O)O)(C=CC(=O)O)C(CO)(CO)C(O)(C=CC(=O)O)C=CC(=O)O.OCC(CO)(CO)CO. The van der Waals surface area contributed by atoms with Crippen LogP contribution in [-0.4, -0.2) is 142 Å². The van der Waals surface area contributed by atoms with Crippen LogP contribution in [0.1, 0.15) is 0 Å². The Bertz CT molecular complexity index is 1030. The minimum absolute atomic E-state index is 0.298. The molecule has 0 aromatic rings. The van der Waals surface area contributed by atoms with Crippen molar-refractivity contribution in [1.82, 2.24) is 0 Å². The average molecular weight is 623 g/mol. The van der Waals surface area contributed by atoms with Gasteiger partial charge in [-0.1, -0.05) is 0 Å². The van der Waals surface area contributed by atoms with Gasteiger partial charge in [0.1, 0.15) is 5.60 Å². The van der Waals surface area contributed by atoms with Gasteiger partial charge in [-0.2, -0.15) is 0 Å². The van der Waals surface area contributed by atoms with Crippen LogP contribution in [-0.2, 0) is 28.7 Å². The highest BCUT2D eigenvalue weighted by Crippen LogP contribution is 2.47. The molecule has 0 saturated heterocycles. The van der Waals surface area contributed by atoms with E-state index in [9.17, 15) is 39.3 Å². The topological polar surface area (TPSA) is 337 Å². The molecule has 0 fully saturated rings. The van der Waals surface area contributed by atoms with Gasteiger partial charge in [0.2, 0.25) is 0 Å².